The van der Waals surface area contributed by atoms with Crippen LogP contribution in [-0.2, 0) is 9.53 Å². The van der Waals surface area contributed by atoms with E-state index in [9.17, 15) is 4.79 Å². The standard InChI is InChI=1S/C11H20O2/c1-4-10(12)11(13-5-2)7-6-9(3)8-11/h9H,4-8H2,1-3H3. The summed E-state index contributed by atoms with van der Waals surface area (Å²) in [6, 6.07) is 0. The van der Waals surface area contributed by atoms with Crippen molar-refractivity contribution in [1.29, 1.82) is 0 Å². The molecule has 0 heterocycles. The average Bonchev–Trinajstić information content (AvgIpc) is 2.48. The van der Waals surface area contributed by atoms with Gasteiger partial charge in [0.25, 0.3) is 0 Å². The third-order valence-electron chi connectivity index (χ3n) is 2.97. The molecule has 2 nitrogen and oxygen atoms in total. The van der Waals surface area contributed by atoms with E-state index in [1.165, 1.54) is 0 Å². The van der Waals surface area contributed by atoms with E-state index < -0.39 is 5.60 Å². The van der Waals surface area contributed by atoms with Crippen molar-refractivity contribution in [3.8, 4) is 0 Å². The van der Waals surface area contributed by atoms with Gasteiger partial charge in [-0.15, -0.1) is 0 Å². The van der Waals surface area contributed by atoms with Crippen LogP contribution in [-0.4, -0.2) is 18.0 Å². The van der Waals surface area contributed by atoms with Crippen LogP contribution in [0, 0.1) is 5.92 Å². The second-order valence-corrected chi connectivity index (χ2v) is 4.05. The predicted molar refractivity (Wildman–Crippen MR) is 52.7 cm³/mol. The molecule has 0 aromatic heterocycles. The van der Waals surface area contributed by atoms with E-state index in [0.29, 0.717) is 24.7 Å². The lowest BCUT2D eigenvalue weighted by molar-refractivity contribution is -0.143. The molecule has 2 unspecified atom stereocenters. The Morgan fingerprint density at radius 3 is 2.62 bits per heavy atom. The third kappa shape index (κ3) is 2.11. The van der Waals surface area contributed by atoms with Crippen LogP contribution in [0.15, 0.2) is 0 Å². The van der Waals surface area contributed by atoms with E-state index in [1.807, 2.05) is 13.8 Å². The van der Waals surface area contributed by atoms with Crippen LogP contribution in [0.3, 0.4) is 0 Å². The lowest BCUT2D eigenvalue weighted by atomic mass is 9.93. The minimum Gasteiger partial charge on any atom is -0.367 e. The summed E-state index contributed by atoms with van der Waals surface area (Å²) in [6.07, 6.45) is 3.58. The van der Waals surface area contributed by atoms with Gasteiger partial charge in [0, 0.05) is 13.0 Å². The fraction of sp³-hybridized carbons (Fsp3) is 0.909. The quantitative estimate of drug-likeness (QED) is 0.671. The molecule has 1 aliphatic rings. The smallest absolute Gasteiger partial charge is 0.164 e. The highest BCUT2D eigenvalue weighted by Gasteiger charge is 2.43. The van der Waals surface area contributed by atoms with Crippen molar-refractivity contribution in [2.45, 2.75) is 52.1 Å². The lowest BCUT2D eigenvalue weighted by Crippen LogP contribution is -2.38. The molecular weight excluding hydrogens is 164 g/mol. The van der Waals surface area contributed by atoms with E-state index in [4.69, 9.17) is 4.74 Å². The van der Waals surface area contributed by atoms with E-state index in [1.54, 1.807) is 0 Å². The van der Waals surface area contributed by atoms with Crippen molar-refractivity contribution in [1.82, 2.24) is 0 Å². The van der Waals surface area contributed by atoms with Crippen LogP contribution in [0.1, 0.15) is 46.5 Å². The van der Waals surface area contributed by atoms with E-state index >= 15 is 0 Å². The van der Waals surface area contributed by atoms with Gasteiger partial charge in [0.1, 0.15) is 5.60 Å². The molecule has 1 fully saturated rings. The highest BCUT2D eigenvalue weighted by Crippen LogP contribution is 2.38. The Morgan fingerprint density at radius 2 is 2.23 bits per heavy atom. The molecule has 1 aliphatic carbocycles. The maximum atomic E-state index is 11.7. The van der Waals surface area contributed by atoms with E-state index in [2.05, 4.69) is 6.92 Å². The molecule has 1 rings (SSSR count). The first-order chi connectivity index (χ1) is 6.14. The summed E-state index contributed by atoms with van der Waals surface area (Å²) >= 11 is 0. The molecule has 0 aromatic rings. The van der Waals surface area contributed by atoms with Crippen LogP contribution >= 0.6 is 0 Å². The molecule has 1 saturated carbocycles. The van der Waals surface area contributed by atoms with Crippen LogP contribution in [0.4, 0.5) is 0 Å². The van der Waals surface area contributed by atoms with Crippen molar-refractivity contribution >= 4 is 5.78 Å². The van der Waals surface area contributed by atoms with Crippen molar-refractivity contribution in [2.24, 2.45) is 5.92 Å². The number of ether oxygens (including phenoxy) is 1. The summed E-state index contributed by atoms with van der Waals surface area (Å²) in [6.45, 7) is 6.74. The lowest BCUT2D eigenvalue weighted by Gasteiger charge is -2.27. The van der Waals surface area contributed by atoms with Crippen molar-refractivity contribution in [2.75, 3.05) is 6.61 Å². The second-order valence-electron chi connectivity index (χ2n) is 4.05. The van der Waals surface area contributed by atoms with Gasteiger partial charge in [-0.3, -0.25) is 4.79 Å². The number of carbonyl (C=O) groups is 1. The number of ketones is 1. The topological polar surface area (TPSA) is 26.3 Å². The van der Waals surface area contributed by atoms with Crippen molar-refractivity contribution < 1.29 is 9.53 Å². The molecule has 2 heteroatoms. The van der Waals surface area contributed by atoms with Gasteiger partial charge in [0.2, 0.25) is 0 Å². The molecule has 13 heavy (non-hydrogen) atoms. The molecule has 0 spiro atoms. The zero-order valence-corrected chi connectivity index (χ0v) is 8.93. The fourth-order valence-corrected chi connectivity index (χ4v) is 2.31. The molecular formula is C11H20O2. The van der Waals surface area contributed by atoms with Crippen LogP contribution in [0.5, 0.6) is 0 Å². The number of carbonyl (C=O) groups excluding carboxylic acids is 1. The normalized spacial score (nSPS) is 33.6. The van der Waals surface area contributed by atoms with Gasteiger partial charge in [-0.05, 0) is 32.1 Å². The van der Waals surface area contributed by atoms with Crippen LogP contribution < -0.4 is 0 Å². The SMILES string of the molecule is CCOC1(C(=O)CC)CCC(C)C1. The van der Waals surface area contributed by atoms with E-state index in [-0.39, 0.29) is 0 Å². The maximum absolute atomic E-state index is 11.7. The second kappa shape index (κ2) is 4.23. The summed E-state index contributed by atoms with van der Waals surface area (Å²) in [7, 11) is 0. The van der Waals surface area contributed by atoms with Gasteiger partial charge in [0.05, 0.1) is 0 Å². The largest absolute Gasteiger partial charge is 0.367 e. The van der Waals surface area contributed by atoms with E-state index in [0.717, 1.165) is 19.3 Å². The molecule has 2 atom stereocenters. The molecule has 0 aliphatic heterocycles. The first kappa shape index (κ1) is 10.7. The minimum atomic E-state index is -0.414. The van der Waals surface area contributed by atoms with Crippen molar-refractivity contribution in [3.05, 3.63) is 0 Å². The number of Topliss-reactive ketones (excluding diaryl/α,β-unsaturated/α-hetero) is 1. The molecule has 0 amide bonds. The van der Waals surface area contributed by atoms with Crippen LogP contribution in [0.2, 0.25) is 0 Å². The van der Waals surface area contributed by atoms with Gasteiger partial charge in [0.15, 0.2) is 5.78 Å². The summed E-state index contributed by atoms with van der Waals surface area (Å²) in [5.74, 6) is 0.931. The predicted octanol–water partition coefficient (Wildman–Crippen LogP) is 2.56. The first-order valence-electron chi connectivity index (χ1n) is 5.32. The van der Waals surface area contributed by atoms with Crippen molar-refractivity contribution in [3.63, 3.8) is 0 Å². The zero-order valence-electron chi connectivity index (χ0n) is 8.93. The molecule has 0 bridgehead atoms. The minimum absolute atomic E-state index is 0.290. The van der Waals surface area contributed by atoms with Gasteiger partial charge >= 0.3 is 0 Å². The summed E-state index contributed by atoms with van der Waals surface area (Å²) in [5.41, 5.74) is -0.414. The highest BCUT2D eigenvalue weighted by molar-refractivity contribution is 5.87. The summed E-state index contributed by atoms with van der Waals surface area (Å²) in [4.78, 5) is 11.7. The Labute approximate surface area is 80.7 Å². The Hall–Kier alpha value is -0.370. The fourth-order valence-electron chi connectivity index (χ4n) is 2.31. The number of hydrogen-bond donors (Lipinski definition) is 0. The van der Waals surface area contributed by atoms with Gasteiger partial charge in [-0.2, -0.15) is 0 Å². The molecule has 0 saturated heterocycles. The zero-order chi connectivity index (χ0) is 9.90. The molecule has 0 radical (unpaired) electrons. The monoisotopic (exact) mass is 184 g/mol. The van der Waals surface area contributed by atoms with Gasteiger partial charge < -0.3 is 4.74 Å². The summed E-state index contributed by atoms with van der Waals surface area (Å²) in [5, 5.41) is 0. The third-order valence-corrected chi connectivity index (χ3v) is 2.97. The Morgan fingerprint density at radius 1 is 1.54 bits per heavy atom. The number of rotatable bonds is 4. The Kier molecular flexibility index (Phi) is 3.48. The summed E-state index contributed by atoms with van der Waals surface area (Å²) < 4.78 is 5.66. The van der Waals surface area contributed by atoms with Gasteiger partial charge in [-0.25, -0.2) is 0 Å². The van der Waals surface area contributed by atoms with Gasteiger partial charge in [-0.1, -0.05) is 13.8 Å². The first-order valence-corrected chi connectivity index (χ1v) is 5.32. The average molecular weight is 184 g/mol. The Bertz CT molecular complexity index is 185. The molecule has 0 N–H and O–H groups in total. The molecule has 0 aromatic carbocycles. The Balaban J connectivity index is 2.70. The number of hydrogen-bond acceptors (Lipinski definition) is 2. The molecule has 76 valence electrons. The van der Waals surface area contributed by atoms with Crippen LogP contribution in [0.25, 0.3) is 0 Å². The highest BCUT2D eigenvalue weighted by atomic mass is 16.5. The maximum Gasteiger partial charge on any atom is 0.164 e.